The van der Waals surface area contributed by atoms with Crippen molar-refractivity contribution in [3.8, 4) is 33.6 Å². The van der Waals surface area contributed by atoms with E-state index in [1.54, 1.807) is 7.11 Å². The Morgan fingerprint density at radius 3 is 1.57 bits per heavy atom. The van der Waals surface area contributed by atoms with Crippen LogP contribution in [-0.2, 0) is 27.6 Å². The van der Waals surface area contributed by atoms with Crippen LogP contribution in [0.5, 0.6) is 0 Å². The molecule has 0 saturated heterocycles. The van der Waals surface area contributed by atoms with Crippen LogP contribution in [0.15, 0.2) is 91.0 Å². The Bertz CT molecular complexity index is 1100. The number of ether oxygens (including phenoxy) is 1. The fraction of sp³-hybridized carbons (Fsp3) is 0.0800. The molecule has 0 spiro atoms. The summed E-state index contributed by atoms with van der Waals surface area (Å²) in [5.74, 6) is 0. The van der Waals surface area contributed by atoms with E-state index < -0.39 is 0 Å². The first kappa shape index (κ1) is 18.7. The van der Waals surface area contributed by atoms with Crippen LogP contribution in [-0.4, -0.2) is 16.2 Å². The Kier molecular flexibility index (Phi) is 5.41. The fourth-order valence-electron chi connectivity index (χ4n) is 3.74. The molecule has 3 heteroatoms. The SMILES string of the molecule is CO[C](=[Cr])c1c(-c2ccccc2)c(-c2ccccc2)n(C)c1-c1ccccc1. The average molecular weight is 403 g/mol. The van der Waals surface area contributed by atoms with Gasteiger partial charge in [-0.2, -0.15) is 0 Å². The van der Waals surface area contributed by atoms with Crippen molar-refractivity contribution in [2.45, 2.75) is 0 Å². The number of benzene rings is 3. The third-order valence-electron chi connectivity index (χ3n) is 4.94. The molecule has 0 saturated carbocycles. The summed E-state index contributed by atoms with van der Waals surface area (Å²) >= 11 is 3.14. The molecule has 0 atom stereocenters. The van der Waals surface area contributed by atoms with Gasteiger partial charge in [-0.05, 0) is 0 Å². The molecule has 1 aromatic heterocycles. The van der Waals surface area contributed by atoms with Gasteiger partial charge in [0.15, 0.2) is 0 Å². The summed E-state index contributed by atoms with van der Waals surface area (Å²) in [7, 11) is 3.84. The Labute approximate surface area is 174 Å². The number of hydrogen-bond acceptors (Lipinski definition) is 1. The van der Waals surface area contributed by atoms with Gasteiger partial charge in [-0.3, -0.25) is 0 Å². The number of hydrogen-bond donors (Lipinski definition) is 0. The van der Waals surface area contributed by atoms with E-state index in [9.17, 15) is 0 Å². The summed E-state index contributed by atoms with van der Waals surface area (Å²) in [6, 6.07) is 31.5. The topological polar surface area (TPSA) is 14.2 Å². The molecule has 1 heterocycles. The zero-order chi connectivity index (χ0) is 19.5. The van der Waals surface area contributed by atoms with Crippen LogP contribution < -0.4 is 0 Å². The Morgan fingerprint density at radius 1 is 0.679 bits per heavy atom. The minimum atomic E-state index is 0.787. The van der Waals surface area contributed by atoms with Gasteiger partial charge >= 0.3 is 174 Å². The minimum absolute atomic E-state index is 0.787. The Balaban J connectivity index is 2.14. The van der Waals surface area contributed by atoms with Crippen LogP contribution in [0.2, 0.25) is 0 Å². The molecule has 0 amide bonds. The van der Waals surface area contributed by atoms with E-state index in [4.69, 9.17) is 4.74 Å². The van der Waals surface area contributed by atoms with Gasteiger partial charge in [-0.25, -0.2) is 0 Å². The van der Waals surface area contributed by atoms with Gasteiger partial charge in [0.1, 0.15) is 0 Å². The van der Waals surface area contributed by atoms with Crippen LogP contribution in [0.25, 0.3) is 33.6 Å². The summed E-state index contributed by atoms with van der Waals surface area (Å²) in [4.78, 5) is 0. The molecule has 0 radical (unpaired) electrons. The molecule has 2 nitrogen and oxygen atoms in total. The van der Waals surface area contributed by atoms with Crippen molar-refractivity contribution in [2.24, 2.45) is 7.05 Å². The standard InChI is InChI=1S/C25H21NO.Cr/c1-26-24(20-14-8-4-9-15-20)22(18-27-2)23(19-12-6-3-7-13-19)25(26)21-16-10-5-11-17-21;/h3-17H,1-2H3;. The molecule has 0 bridgehead atoms. The number of methoxy groups -OCH3 is 1. The third-order valence-corrected chi connectivity index (χ3v) is 5.52. The number of aromatic nitrogens is 1. The van der Waals surface area contributed by atoms with Crippen molar-refractivity contribution in [3.05, 3.63) is 96.6 Å². The summed E-state index contributed by atoms with van der Waals surface area (Å²) in [6.07, 6.45) is 0. The Hall–Kier alpha value is -2.70. The van der Waals surface area contributed by atoms with Gasteiger partial charge < -0.3 is 0 Å². The zero-order valence-corrected chi connectivity index (χ0v) is 17.2. The average Bonchev–Trinajstić information content (AvgIpc) is 3.08. The normalized spacial score (nSPS) is 10.8. The van der Waals surface area contributed by atoms with Crippen molar-refractivity contribution in [1.82, 2.24) is 4.57 Å². The predicted molar refractivity (Wildman–Crippen MR) is 113 cm³/mol. The molecule has 4 rings (SSSR count). The molecule has 3 aromatic carbocycles. The van der Waals surface area contributed by atoms with Gasteiger partial charge in [0.05, 0.1) is 0 Å². The second kappa shape index (κ2) is 8.12. The second-order valence-corrected chi connectivity index (χ2v) is 7.17. The van der Waals surface area contributed by atoms with E-state index in [2.05, 4.69) is 100 Å². The molecule has 0 aliphatic carbocycles. The van der Waals surface area contributed by atoms with E-state index in [0.717, 1.165) is 21.4 Å². The molecule has 138 valence electrons. The summed E-state index contributed by atoms with van der Waals surface area (Å²) in [5.41, 5.74) is 8.06. The molecule has 4 aromatic rings. The first-order valence-electron chi connectivity index (χ1n) is 9.19. The molecule has 0 unspecified atom stereocenters. The quantitative estimate of drug-likeness (QED) is 0.417. The van der Waals surface area contributed by atoms with Crippen LogP contribution in [0.3, 0.4) is 0 Å². The molecule has 28 heavy (non-hydrogen) atoms. The first-order chi connectivity index (χ1) is 13.7. The van der Waals surface area contributed by atoms with Gasteiger partial charge in [0, 0.05) is 0 Å². The van der Waals surface area contributed by atoms with Crippen LogP contribution >= 0.6 is 0 Å². The van der Waals surface area contributed by atoms with Crippen LogP contribution in [0.1, 0.15) is 5.56 Å². The van der Waals surface area contributed by atoms with Gasteiger partial charge in [-0.15, -0.1) is 0 Å². The number of nitrogens with zero attached hydrogens (tertiary/aromatic N) is 1. The van der Waals surface area contributed by atoms with E-state index in [1.807, 2.05) is 18.2 Å². The molecule has 0 aliphatic rings. The predicted octanol–water partition coefficient (Wildman–Crippen LogP) is 5.70. The van der Waals surface area contributed by atoms with Crippen molar-refractivity contribution in [1.29, 1.82) is 0 Å². The Morgan fingerprint density at radius 2 is 1.11 bits per heavy atom. The monoisotopic (exact) mass is 403 g/mol. The zero-order valence-electron chi connectivity index (χ0n) is 15.9. The van der Waals surface area contributed by atoms with Gasteiger partial charge in [0.2, 0.25) is 0 Å². The fourth-order valence-corrected chi connectivity index (χ4v) is 4.05. The third kappa shape index (κ3) is 3.30. The van der Waals surface area contributed by atoms with Crippen molar-refractivity contribution in [3.63, 3.8) is 0 Å². The molecule has 0 fully saturated rings. The van der Waals surface area contributed by atoms with E-state index in [-0.39, 0.29) is 0 Å². The van der Waals surface area contributed by atoms with Crippen LogP contribution in [0.4, 0.5) is 0 Å². The summed E-state index contributed by atoms with van der Waals surface area (Å²) < 4.78 is 8.78. The maximum absolute atomic E-state index is 5.71. The van der Waals surface area contributed by atoms with Gasteiger partial charge in [-0.1, -0.05) is 0 Å². The first-order valence-corrected chi connectivity index (χ1v) is 9.83. The van der Waals surface area contributed by atoms with Crippen LogP contribution in [0, 0.1) is 0 Å². The maximum atomic E-state index is 5.71. The molecule has 0 N–H and O–H groups in total. The van der Waals surface area contributed by atoms with E-state index >= 15 is 0 Å². The summed E-state index contributed by atoms with van der Waals surface area (Å²) in [5, 5.41) is 0. The molecule has 0 aliphatic heterocycles. The van der Waals surface area contributed by atoms with E-state index in [1.165, 1.54) is 22.4 Å². The van der Waals surface area contributed by atoms with Crippen molar-refractivity contribution >= 4 is 4.57 Å². The molecular formula is C25H21CrNO. The van der Waals surface area contributed by atoms with E-state index in [0.29, 0.717) is 0 Å². The van der Waals surface area contributed by atoms with Crippen molar-refractivity contribution in [2.75, 3.05) is 7.11 Å². The van der Waals surface area contributed by atoms with Gasteiger partial charge in [0.25, 0.3) is 0 Å². The number of rotatable bonds is 5. The summed E-state index contributed by atoms with van der Waals surface area (Å²) in [6.45, 7) is 0. The molecular weight excluding hydrogens is 382 g/mol. The second-order valence-electron chi connectivity index (χ2n) is 6.60. The van der Waals surface area contributed by atoms with Crippen molar-refractivity contribution < 1.29 is 20.6 Å².